The predicted molar refractivity (Wildman–Crippen MR) is 48.4 cm³/mol. The number of alkyl halides is 1. The second-order valence-electron chi connectivity index (χ2n) is 1.84. The Morgan fingerprint density at radius 2 is 1.87 bits per heavy atom. The number of rotatable bonds is 1. The third-order valence-corrected chi connectivity index (χ3v) is 0.723. The lowest BCUT2D eigenvalue weighted by molar-refractivity contribution is 0.0572. The van der Waals surface area contributed by atoms with Crippen molar-refractivity contribution in [1.82, 2.24) is 0 Å². The van der Waals surface area contributed by atoms with Crippen molar-refractivity contribution in [2.75, 3.05) is 6.61 Å². The van der Waals surface area contributed by atoms with Crippen LogP contribution in [0.3, 0.4) is 0 Å². The van der Waals surface area contributed by atoms with Gasteiger partial charge in [-0.2, -0.15) is 4.39 Å². The van der Waals surface area contributed by atoms with Crippen LogP contribution in [0.5, 0.6) is 0 Å². The number of hydrogen-bond acceptors (Lipinski definition) is 4. The van der Waals surface area contributed by atoms with E-state index in [0.29, 0.717) is 0 Å². The van der Waals surface area contributed by atoms with Crippen LogP contribution in [0.2, 0.25) is 0 Å². The topological polar surface area (TPSA) is 93.1 Å². The van der Waals surface area contributed by atoms with Crippen LogP contribution >= 0.6 is 0 Å². The van der Waals surface area contributed by atoms with Gasteiger partial charge in [-0.25, -0.2) is 9.59 Å². The Bertz CT molecular complexity index is 217. The molecule has 0 aromatic carbocycles. The molecule has 1 aliphatic heterocycles. The van der Waals surface area contributed by atoms with Gasteiger partial charge in [0.2, 0.25) is 0 Å². The van der Waals surface area contributed by atoms with Crippen molar-refractivity contribution >= 4 is 12.3 Å². The number of ether oxygens (including phenoxy) is 2. The van der Waals surface area contributed by atoms with E-state index in [0.717, 1.165) is 0 Å². The van der Waals surface area contributed by atoms with E-state index in [1.165, 1.54) is 0 Å². The van der Waals surface area contributed by atoms with Crippen molar-refractivity contribution in [3.05, 3.63) is 25.3 Å². The highest BCUT2D eigenvalue weighted by atomic mass is 19.1. The average molecular weight is 222 g/mol. The Hall–Kier alpha value is -2.05. The first-order valence-corrected chi connectivity index (χ1v) is 3.56. The summed E-state index contributed by atoms with van der Waals surface area (Å²) in [5.41, 5.74) is 0. The molecule has 15 heavy (non-hydrogen) atoms. The first kappa shape index (κ1) is 15.4. The van der Waals surface area contributed by atoms with Crippen molar-refractivity contribution in [2.24, 2.45) is 0 Å². The summed E-state index contributed by atoms with van der Waals surface area (Å²) in [4.78, 5) is 18.3. The molecule has 1 rings (SSSR count). The summed E-state index contributed by atoms with van der Waals surface area (Å²) in [6, 6.07) is 0. The average Bonchev–Trinajstić information content (AvgIpc) is 2.49. The number of halogens is 1. The Kier molecular flexibility index (Phi) is 10.3. The second kappa shape index (κ2) is 10.0. The molecule has 7 heteroatoms. The van der Waals surface area contributed by atoms with Gasteiger partial charge >= 0.3 is 12.3 Å². The van der Waals surface area contributed by atoms with Crippen LogP contribution in [0.1, 0.15) is 0 Å². The molecule has 1 aliphatic rings. The molecule has 1 saturated heterocycles. The van der Waals surface area contributed by atoms with Gasteiger partial charge in [0.15, 0.2) is 6.61 Å². The molecule has 0 aliphatic carbocycles. The minimum Gasteiger partial charge on any atom is -0.450 e. The summed E-state index contributed by atoms with van der Waals surface area (Å²) in [5.74, 6) is 0. The monoisotopic (exact) mass is 222 g/mol. The maximum atomic E-state index is 11.6. The molecule has 1 fully saturated rings. The molecule has 0 spiro atoms. The molecule has 0 saturated carbocycles. The highest BCUT2D eigenvalue weighted by Crippen LogP contribution is 2.05. The summed E-state index contributed by atoms with van der Waals surface area (Å²) in [6.07, 6.45) is -1.03. The minimum absolute atomic E-state index is 0.265. The standard InChI is InChI=1S/C4H6.C3H3FO3.CH2O3/c1-3-4-2;4-2-1-6-3(5)7-2;2-1(3)4/h3-4H,1-2H2;2H,1H2;(H2,2,3,4). The van der Waals surface area contributed by atoms with Gasteiger partial charge in [0, 0.05) is 0 Å². The summed E-state index contributed by atoms with van der Waals surface area (Å²) in [7, 11) is 0. The highest BCUT2D eigenvalue weighted by molar-refractivity contribution is 5.61. The van der Waals surface area contributed by atoms with E-state index >= 15 is 0 Å². The summed E-state index contributed by atoms with van der Waals surface area (Å²) < 4.78 is 19.5. The van der Waals surface area contributed by atoms with Crippen LogP contribution in [-0.4, -0.2) is 35.5 Å². The van der Waals surface area contributed by atoms with Gasteiger partial charge < -0.3 is 19.7 Å². The van der Waals surface area contributed by atoms with Crippen LogP contribution in [0, 0.1) is 0 Å². The van der Waals surface area contributed by atoms with E-state index in [4.69, 9.17) is 15.0 Å². The smallest absolute Gasteiger partial charge is 0.450 e. The van der Waals surface area contributed by atoms with E-state index in [-0.39, 0.29) is 6.61 Å². The number of carbonyl (C=O) groups is 2. The molecule has 0 amide bonds. The second-order valence-corrected chi connectivity index (χ2v) is 1.84. The maximum Gasteiger partial charge on any atom is 0.511 e. The zero-order chi connectivity index (χ0) is 12.3. The van der Waals surface area contributed by atoms with Crippen LogP contribution in [-0.2, 0) is 9.47 Å². The van der Waals surface area contributed by atoms with Crippen LogP contribution in [0.15, 0.2) is 25.3 Å². The molecule has 1 atom stereocenters. The molecule has 0 aromatic heterocycles. The first-order chi connectivity index (χ1) is 6.93. The lowest BCUT2D eigenvalue weighted by Gasteiger charge is -1.85. The van der Waals surface area contributed by atoms with Crippen molar-refractivity contribution < 1.29 is 33.7 Å². The molecule has 86 valence electrons. The van der Waals surface area contributed by atoms with Gasteiger partial charge in [0.05, 0.1) is 0 Å². The Morgan fingerprint density at radius 3 is 1.93 bits per heavy atom. The fraction of sp³-hybridized carbons (Fsp3) is 0.250. The Morgan fingerprint density at radius 1 is 1.47 bits per heavy atom. The number of cyclic esters (lactones) is 2. The van der Waals surface area contributed by atoms with Crippen LogP contribution in [0.4, 0.5) is 14.0 Å². The highest BCUT2D eigenvalue weighted by Gasteiger charge is 2.23. The van der Waals surface area contributed by atoms with Gasteiger partial charge in [-0.1, -0.05) is 25.3 Å². The van der Waals surface area contributed by atoms with E-state index in [2.05, 4.69) is 22.6 Å². The molecule has 1 heterocycles. The number of carbonyl (C=O) groups excluding carboxylic acids is 1. The van der Waals surface area contributed by atoms with Crippen LogP contribution < -0.4 is 0 Å². The predicted octanol–water partition coefficient (Wildman–Crippen LogP) is 2.03. The normalized spacial score (nSPS) is 16.6. The Balaban J connectivity index is 0. The summed E-state index contributed by atoms with van der Waals surface area (Å²) >= 11 is 0. The van der Waals surface area contributed by atoms with Gasteiger partial charge in [0.1, 0.15) is 0 Å². The molecule has 6 nitrogen and oxygen atoms in total. The summed E-state index contributed by atoms with van der Waals surface area (Å²) in [5, 5.41) is 13.9. The molecule has 1 unspecified atom stereocenters. The van der Waals surface area contributed by atoms with Gasteiger partial charge in [0.25, 0.3) is 6.36 Å². The fourth-order valence-corrected chi connectivity index (χ4v) is 0.306. The van der Waals surface area contributed by atoms with Crippen LogP contribution in [0.25, 0.3) is 0 Å². The third-order valence-electron chi connectivity index (χ3n) is 0.723. The zero-order valence-corrected chi connectivity index (χ0v) is 7.76. The van der Waals surface area contributed by atoms with E-state index in [9.17, 15) is 9.18 Å². The first-order valence-electron chi connectivity index (χ1n) is 3.56. The van der Waals surface area contributed by atoms with Crippen molar-refractivity contribution in [2.45, 2.75) is 6.36 Å². The molecular formula is C8H11FO6. The number of hydrogen-bond donors (Lipinski definition) is 2. The van der Waals surface area contributed by atoms with Crippen molar-refractivity contribution in [1.29, 1.82) is 0 Å². The lowest BCUT2D eigenvalue weighted by atomic mass is 10.6. The zero-order valence-electron chi connectivity index (χ0n) is 7.76. The van der Waals surface area contributed by atoms with E-state index in [1.54, 1.807) is 12.2 Å². The molecular weight excluding hydrogens is 211 g/mol. The maximum absolute atomic E-state index is 11.6. The molecule has 0 bridgehead atoms. The summed E-state index contributed by atoms with van der Waals surface area (Å²) in [6.45, 7) is 6.46. The lowest BCUT2D eigenvalue weighted by Crippen LogP contribution is -1.98. The largest absolute Gasteiger partial charge is 0.511 e. The van der Waals surface area contributed by atoms with Gasteiger partial charge in [-0.15, -0.1) is 0 Å². The van der Waals surface area contributed by atoms with Crippen molar-refractivity contribution in [3.8, 4) is 0 Å². The third kappa shape index (κ3) is 18.7. The van der Waals surface area contributed by atoms with E-state index < -0.39 is 18.7 Å². The molecule has 2 N–H and O–H groups in total. The molecule has 0 radical (unpaired) electrons. The SMILES string of the molecule is C=CC=C.O=C(O)O.O=C1OCC(F)O1. The van der Waals surface area contributed by atoms with Gasteiger partial charge in [-0.05, 0) is 0 Å². The van der Waals surface area contributed by atoms with E-state index in [1.807, 2.05) is 0 Å². The van der Waals surface area contributed by atoms with Gasteiger partial charge in [-0.3, -0.25) is 0 Å². The minimum atomic E-state index is -1.83. The Labute approximate surface area is 85.2 Å². The molecule has 0 aromatic rings. The fourth-order valence-electron chi connectivity index (χ4n) is 0.306. The number of allylic oxidation sites excluding steroid dienone is 2. The quantitative estimate of drug-likeness (QED) is 0.520. The number of carboxylic acid groups (broad SMARTS) is 2. The van der Waals surface area contributed by atoms with Crippen molar-refractivity contribution in [3.63, 3.8) is 0 Å².